The summed E-state index contributed by atoms with van der Waals surface area (Å²) in [5.74, 6) is 0. The highest BCUT2D eigenvalue weighted by Gasteiger charge is 2.35. The first-order valence-electron chi connectivity index (χ1n) is 7.40. The van der Waals surface area contributed by atoms with E-state index in [9.17, 15) is 19.1 Å². The molecule has 3 atom stereocenters. The van der Waals surface area contributed by atoms with Crippen LogP contribution in [0.4, 0.5) is 4.39 Å². The molecule has 0 aliphatic carbocycles. The quantitative estimate of drug-likeness (QED) is 0.618. The van der Waals surface area contributed by atoms with E-state index in [1.807, 2.05) is 0 Å². The molecule has 0 radical (unpaired) electrons. The number of aryl methyl sites for hydroxylation is 1. The molecule has 1 fully saturated rings. The summed E-state index contributed by atoms with van der Waals surface area (Å²) in [4.78, 5) is 24.6. The monoisotopic (exact) mass is 332 g/mol. The van der Waals surface area contributed by atoms with E-state index in [4.69, 9.17) is 14.6 Å². The van der Waals surface area contributed by atoms with Crippen molar-refractivity contribution in [2.24, 2.45) is 0 Å². The minimum atomic E-state index is -0.884. The average Bonchev–Trinajstić information content (AvgIpc) is 2.91. The number of hydrogen-bond acceptors (Lipinski definition) is 6. The highest BCUT2D eigenvalue weighted by Crippen LogP contribution is 2.27. The Kier molecular flexibility index (Phi) is 6.05. The van der Waals surface area contributed by atoms with Crippen molar-refractivity contribution in [3.8, 4) is 0 Å². The van der Waals surface area contributed by atoms with Crippen molar-refractivity contribution in [3.63, 3.8) is 0 Å². The van der Waals surface area contributed by atoms with Gasteiger partial charge in [-0.25, -0.2) is 9.18 Å². The second-order valence-corrected chi connectivity index (χ2v) is 5.37. The Morgan fingerprint density at radius 2 is 2.17 bits per heavy atom. The number of nitrogens with zero attached hydrogens (tertiary/aromatic N) is 2. The number of aliphatic hydroxyl groups excluding tert-OH is 2. The largest absolute Gasteiger partial charge is 0.394 e. The van der Waals surface area contributed by atoms with Crippen LogP contribution in [0.3, 0.4) is 0 Å². The molecule has 0 bridgehead atoms. The van der Waals surface area contributed by atoms with Gasteiger partial charge >= 0.3 is 5.69 Å². The zero-order valence-electron chi connectivity index (χ0n) is 12.9. The lowest BCUT2D eigenvalue weighted by molar-refractivity contribution is -0.0464. The molecule has 0 amide bonds. The lowest BCUT2D eigenvalue weighted by Crippen LogP contribution is -2.43. The molecule has 1 unspecified atom stereocenters. The van der Waals surface area contributed by atoms with Crippen molar-refractivity contribution in [2.45, 2.75) is 38.3 Å². The predicted molar refractivity (Wildman–Crippen MR) is 78.1 cm³/mol. The Morgan fingerprint density at radius 3 is 2.78 bits per heavy atom. The second kappa shape index (κ2) is 7.82. The van der Waals surface area contributed by atoms with Crippen LogP contribution in [0.2, 0.25) is 0 Å². The molecule has 2 heterocycles. The van der Waals surface area contributed by atoms with E-state index in [0.29, 0.717) is 5.56 Å². The summed E-state index contributed by atoms with van der Waals surface area (Å²) in [5, 5.41) is 18.9. The summed E-state index contributed by atoms with van der Waals surface area (Å²) in [6, 6.07) is 0. The van der Waals surface area contributed by atoms with Crippen LogP contribution >= 0.6 is 0 Å². The van der Waals surface area contributed by atoms with Gasteiger partial charge in [-0.05, 0) is 6.92 Å². The number of hydrogen-bond donors (Lipinski definition) is 2. The summed E-state index contributed by atoms with van der Waals surface area (Å²) in [6.07, 6.45) is -0.889. The number of aliphatic hydroxyl groups is 2. The lowest BCUT2D eigenvalue weighted by Gasteiger charge is -2.17. The van der Waals surface area contributed by atoms with Gasteiger partial charge in [0.1, 0.15) is 19.0 Å². The topological polar surface area (TPSA) is 103 Å². The van der Waals surface area contributed by atoms with E-state index in [0.717, 1.165) is 4.57 Å². The average molecular weight is 332 g/mol. The minimum Gasteiger partial charge on any atom is -0.394 e. The first-order valence-corrected chi connectivity index (χ1v) is 7.40. The van der Waals surface area contributed by atoms with Gasteiger partial charge in [-0.15, -0.1) is 0 Å². The highest BCUT2D eigenvalue weighted by molar-refractivity contribution is 5.04. The van der Waals surface area contributed by atoms with Crippen LogP contribution < -0.4 is 11.2 Å². The molecular weight excluding hydrogens is 311 g/mol. The number of rotatable bonds is 7. The van der Waals surface area contributed by atoms with E-state index in [-0.39, 0.29) is 32.8 Å². The van der Waals surface area contributed by atoms with Gasteiger partial charge in [-0.2, -0.15) is 0 Å². The third-order valence-corrected chi connectivity index (χ3v) is 3.74. The van der Waals surface area contributed by atoms with Crippen LogP contribution in [0.15, 0.2) is 15.8 Å². The fourth-order valence-electron chi connectivity index (χ4n) is 2.52. The molecular formula is C14H21FN2O6. The maximum atomic E-state index is 12.5. The van der Waals surface area contributed by atoms with Gasteiger partial charge in [0.2, 0.25) is 0 Å². The zero-order chi connectivity index (χ0) is 17.0. The number of alkyl halides is 1. The van der Waals surface area contributed by atoms with E-state index in [1.54, 1.807) is 6.92 Å². The van der Waals surface area contributed by atoms with Gasteiger partial charge in [-0.1, -0.05) is 0 Å². The molecule has 0 aromatic carbocycles. The summed E-state index contributed by atoms with van der Waals surface area (Å²) < 4.78 is 24.6. The summed E-state index contributed by atoms with van der Waals surface area (Å²) in [6.45, 7) is 0.510. The maximum absolute atomic E-state index is 12.5. The minimum absolute atomic E-state index is 0.00194. The van der Waals surface area contributed by atoms with Gasteiger partial charge in [0, 0.05) is 18.2 Å². The smallest absolute Gasteiger partial charge is 0.333 e. The highest BCUT2D eigenvalue weighted by atomic mass is 19.1. The Labute approximate surface area is 131 Å². The van der Waals surface area contributed by atoms with Crippen molar-refractivity contribution in [1.82, 2.24) is 9.13 Å². The van der Waals surface area contributed by atoms with Crippen LogP contribution in [0.1, 0.15) is 18.2 Å². The third kappa shape index (κ3) is 3.86. The number of aromatic nitrogens is 2. The van der Waals surface area contributed by atoms with Gasteiger partial charge < -0.3 is 19.7 Å². The predicted octanol–water partition coefficient (Wildman–Crippen LogP) is -1.05. The van der Waals surface area contributed by atoms with Crippen LogP contribution in [-0.2, 0) is 16.0 Å². The fraction of sp³-hybridized carbons (Fsp3) is 0.714. The van der Waals surface area contributed by atoms with Gasteiger partial charge in [-0.3, -0.25) is 13.9 Å². The molecule has 1 saturated heterocycles. The van der Waals surface area contributed by atoms with E-state index in [1.165, 1.54) is 10.8 Å². The molecule has 23 heavy (non-hydrogen) atoms. The standard InChI is InChI=1S/C14H21FN2O6/c1-9-7-17(12-6-10(19)11(8-18)23-12)14(21)16(13(9)20)3-5-22-4-2-15/h7,10-12,18-19H,2-6,8H2,1H3/t10?,11-,12-/m1/s1. The molecule has 1 aliphatic rings. The van der Waals surface area contributed by atoms with Crippen LogP contribution in [0.25, 0.3) is 0 Å². The van der Waals surface area contributed by atoms with Crippen molar-refractivity contribution < 1.29 is 24.1 Å². The fourth-order valence-corrected chi connectivity index (χ4v) is 2.52. The molecule has 130 valence electrons. The molecule has 0 saturated carbocycles. The zero-order valence-corrected chi connectivity index (χ0v) is 12.9. The summed E-state index contributed by atoms with van der Waals surface area (Å²) >= 11 is 0. The Hall–Kier alpha value is -1.55. The van der Waals surface area contributed by atoms with E-state index in [2.05, 4.69) is 0 Å². The first kappa shape index (κ1) is 17.8. The second-order valence-electron chi connectivity index (χ2n) is 5.37. The van der Waals surface area contributed by atoms with Crippen molar-refractivity contribution >= 4 is 0 Å². The molecule has 2 N–H and O–H groups in total. The summed E-state index contributed by atoms with van der Waals surface area (Å²) in [5.41, 5.74) is -0.715. The molecule has 1 aromatic rings. The molecule has 2 rings (SSSR count). The lowest BCUT2D eigenvalue weighted by atomic mass is 10.2. The Balaban J connectivity index is 2.26. The first-order chi connectivity index (χ1) is 11.0. The summed E-state index contributed by atoms with van der Waals surface area (Å²) in [7, 11) is 0. The van der Waals surface area contributed by atoms with Crippen LogP contribution in [-0.4, -0.2) is 58.1 Å². The van der Waals surface area contributed by atoms with Gasteiger partial charge in [0.05, 0.1) is 32.5 Å². The van der Waals surface area contributed by atoms with Gasteiger partial charge in [0.25, 0.3) is 5.56 Å². The maximum Gasteiger partial charge on any atom is 0.333 e. The molecule has 9 heteroatoms. The SMILES string of the molecule is Cc1cn([C@H]2CC(O)[C@@H](CO)O2)c(=O)n(CCOCCF)c1=O. The van der Waals surface area contributed by atoms with Gasteiger partial charge in [0.15, 0.2) is 0 Å². The number of halogens is 1. The Morgan fingerprint density at radius 1 is 1.43 bits per heavy atom. The third-order valence-electron chi connectivity index (χ3n) is 3.74. The molecule has 1 aliphatic heterocycles. The number of ether oxygens (including phenoxy) is 2. The molecule has 0 spiro atoms. The van der Waals surface area contributed by atoms with E-state index >= 15 is 0 Å². The van der Waals surface area contributed by atoms with E-state index < -0.39 is 36.4 Å². The van der Waals surface area contributed by atoms with Crippen LogP contribution in [0, 0.1) is 6.92 Å². The molecule has 1 aromatic heterocycles. The normalized spacial score (nSPS) is 24.3. The van der Waals surface area contributed by atoms with Crippen molar-refractivity contribution in [3.05, 3.63) is 32.6 Å². The van der Waals surface area contributed by atoms with Crippen molar-refractivity contribution in [1.29, 1.82) is 0 Å². The molecule has 8 nitrogen and oxygen atoms in total. The van der Waals surface area contributed by atoms with Crippen LogP contribution in [0.5, 0.6) is 0 Å². The van der Waals surface area contributed by atoms with Crippen molar-refractivity contribution in [2.75, 3.05) is 26.5 Å². The Bertz CT molecular complexity index is 643.